The third-order valence-corrected chi connectivity index (χ3v) is 5.12. The molecular weight excluding hydrogens is 312 g/mol. The monoisotopic (exact) mass is 336 g/mol. The van der Waals surface area contributed by atoms with Crippen LogP contribution in [0, 0.1) is 5.92 Å². The van der Waals surface area contributed by atoms with Gasteiger partial charge in [-0.25, -0.2) is 0 Å². The Bertz CT molecular complexity index is 565. The molecule has 3 unspecified atom stereocenters. The number of nitrogens with one attached hydrogen (secondary N) is 2. The molecule has 1 amide bonds. The highest BCUT2D eigenvalue weighted by molar-refractivity contribution is 6.30. The summed E-state index contributed by atoms with van der Waals surface area (Å²) < 4.78 is 0. The number of carbonyl (C=O) groups is 1. The predicted molar refractivity (Wildman–Crippen MR) is 92.0 cm³/mol. The van der Waals surface area contributed by atoms with Gasteiger partial charge in [0.1, 0.15) is 0 Å². The molecule has 6 heteroatoms. The average Bonchev–Trinajstić information content (AvgIpc) is 3.14. The van der Waals surface area contributed by atoms with Crippen LogP contribution in [0.25, 0.3) is 0 Å². The first-order valence-corrected chi connectivity index (χ1v) is 8.62. The number of hydrazine groups is 1. The molecule has 0 spiro atoms. The van der Waals surface area contributed by atoms with Gasteiger partial charge in [-0.2, -0.15) is 0 Å². The summed E-state index contributed by atoms with van der Waals surface area (Å²) in [6, 6.07) is 8.57. The molecule has 23 heavy (non-hydrogen) atoms. The van der Waals surface area contributed by atoms with Crippen molar-refractivity contribution in [2.45, 2.75) is 31.5 Å². The maximum Gasteiger partial charge on any atom is 0.228 e. The van der Waals surface area contributed by atoms with Gasteiger partial charge in [-0.1, -0.05) is 23.7 Å². The lowest BCUT2D eigenvalue weighted by Crippen LogP contribution is -2.51. The first kappa shape index (κ1) is 16.7. The Kier molecular flexibility index (Phi) is 5.21. The van der Waals surface area contributed by atoms with Crippen molar-refractivity contribution in [1.29, 1.82) is 0 Å². The van der Waals surface area contributed by atoms with E-state index in [2.05, 4.69) is 21.8 Å². The molecule has 0 bridgehead atoms. The lowest BCUT2D eigenvalue weighted by atomic mass is 9.92. The molecule has 2 fully saturated rings. The molecule has 1 aromatic rings. The lowest BCUT2D eigenvalue weighted by Gasteiger charge is -2.32. The van der Waals surface area contributed by atoms with E-state index in [1.807, 2.05) is 32.3 Å². The van der Waals surface area contributed by atoms with Crippen molar-refractivity contribution in [2.24, 2.45) is 5.92 Å². The van der Waals surface area contributed by atoms with Crippen LogP contribution in [0.3, 0.4) is 0 Å². The summed E-state index contributed by atoms with van der Waals surface area (Å²) in [6.07, 6.45) is 2.30. The summed E-state index contributed by atoms with van der Waals surface area (Å²) in [6.45, 7) is 2.65. The smallest absolute Gasteiger partial charge is 0.228 e. The van der Waals surface area contributed by atoms with E-state index in [0.717, 1.165) is 24.5 Å². The van der Waals surface area contributed by atoms with E-state index in [-0.39, 0.29) is 17.9 Å². The quantitative estimate of drug-likeness (QED) is 0.874. The van der Waals surface area contributed by atoms with Gasteiger partial charge in [-0.05, 0) is 37.1 Å². The van der Waals surface area contributed by atoms with Crippen molar-refractivity contribution in [2.75, 3.05) is 27.2 Å². The normalized spacial score (nSPS) is 28.2. The summed E-state index contributed by atoms with van der Waals surface area (Å²) >= 11 is 6.10. The van der Waals surface area contributed by atoms with E-state index in [1.165, 1.54) is 12.0 Å². The number of likely N-dealkylation sites (tertiary alicyclic amines) is 1. The van der Waals surface area contributed by atoms with Crippen molar-refractivity contribution in [3.63, 3.8) is 0 Å². The standard InChI is InChI=1S/C17H25ClN4O/c1-21(2)17(23)14-10-19-20-16(14)15-7-4-8-22(15)11-12-5-3-6-13(18)9-12/h3,5-6,9,14-16,19-20H,4,7-8,10-11H2,1-2H3. The molecule has 2 saturated heterocycles. The molecule has 126 valence electrons. The van der Waals surface area contributed by atoms with Crippen LogP contribution in [0.15, 0.2) is 24.3 Å². The topological polar surface area (TPSA) is 47.6 Å². The van der Waals surface area contributed by atoms with Crippen LogP contribution in [-0.2, 0) is 11.3 Å². The molecule has 3 rings (SSSR count). The van der Waals surface area contributed by atoms with Gasteiger partial charge in [0.25, 0.3) is 0 Å². The fourth-order valence-electron chi connectivity index (χ4n) is 3.78. The Labute approximate surface area is 142 Å². The first-order valence-electron chi connectivity index (χ1n) is 8.24. The molecule has 2 N–H and O–H groups in total. The second-order valence-electron chi connectivity index (χ2n) is 6.70. The molecule has 0 aromatic heterocycles. The Morgan fingerprint density at radius 2 is 2.26 bits per heavy atom. The van der Waals surface area contributed by atoms with Gasteiger partial charge < -0.3 is 4.90 Å². The number of rotatable bonds is 4. The van der Waals surface area contributed by atoms with Crippen LogP contribution >= 0.6 is 11.6 Å². The van der Waals surface area contributed by atoms with E-state index < -0.39 is 0 Å². The number of halogens is 1. The minimum Gasteiger partial charge on any atom is -0.348 e. The van der Waals surface area contributed by atoms with Crippen LogP contribution < -0.4 is 10.9 Å². The first-order chi connectivity index (χ1) is 11.1. The predicted octanol–water partition coefficient (Wildman–Crippen LogP) is 1.49. The number of amides is 1. The maximum atomic E-state index is 12.4. The van der Waals surface area contributed by atoms with E-state index in [0.29, 0.717) is 12.6 Å². The van der Waals surface area contributed by atoms with E-state index >= 15 is 0 Å². The zero-order valence-electron chi connectivity index (χ0n) is 13.8. The zero-order chi connectivity index (χ0) is 16.4. The molecule has 2 aliphatic heterocycles. The Hall–Kier alpha value is -1.14. The van der Waals surface area contributed by atoms with Gasteiger partial charge in [0.05, 0.1) is 5.92 Å². The second kappa shape index (κ2) is 7.18. The van der Waals surface area contributed by atoms with Gasteiger partial charge in [0.2, 0.25) is 5.91 Å². The maximum absolute atomic E-state index is 12.4. The van der Waals surface area contributed by atoms with Crippen LogP contribution in [0.5, 0.6) is 0 Å². The van der Waals surface area contributed by atoms with Crippen molar-refractivity contribution in [1.82, 2.24) is 20.7 Å². The summed E-state index contributed by atoms with van der Waals surface area (Å²) in [5.74, 6) is 0.192. The number of carbonyl (C=O) groups excluding carboxylic acids is 1. The average molecular weight is 337 g/mol. The lowest BCUT2D eigenvalue weighted by molar-refractivity contribution is -0.133. The number of hydrogen-bond acceptors (Lipinski definition) is 4. The van der Waals surface area contributed by atoms with Crippen molar-refractivity contribution in [3.05, 3.63) is 34.9 Å². The van der Waals surface area contributed by atoms with Gasteiger partial charge in [0.15, 0.2) is 0 Å². The number of benzene rings is 1. The minimum atomic E-state index is -0.00467. The van der Waals surface area contributed by atoms with Crippen molar-refractivity contribution < 1.29 is 4.79 Å². The van der Waals surface area contributed by atoms with Gasteiger partial charge in [-0.3, -0.25) is 20.5 Å². The molecule has 5 nitrogen and oxygen atoms in total. The Morgan fingerprint density at radius 3 is 3.00 bits per heavy atom. The Morgan fingerprint density at radius 1 is 1.43 bits per heavy atom. The highest BCUT2D eigenvalue weighted by atomic mass is 35.5. The molecule has 2 aliphatic rings. The fraction of sp³-hybridized carbons (Fsp3) is 0.588. The van der Waals surface area contributed by atoms with Crippen molar-refractivity contribution >= 4 is 17.5 Å². The SMILES string of the molecule is CN(C)C(=O)C1CNNC1C1CCCN1Cc1cccc(Cl)c1. The minimum absolute atomic E-state index is 0.00467. The van der Waals surface area contributed by atoms with Gasteiger partial charge in [-0.15, -0.1) is 0 Å². The van der Waals surface area contributed by atoms with Crippen LogP contribution in [0.4, 0.5) is 0 Å². The highest BCUT2D eigenvalue weighted by Crippen LogP contribution is 2.28. The van der Waals surface area contributed by atoms with Crippen molar-refractivity contribution in [3.8, 4) is 0 Å². The highest BCUT2D eigenvalue weighted by Gasteiger charge is 2.42. The molecular formula is C17H25ClN4O. The summed E-state index contributed by atoms with van der Waals surface area (Å²) in [7, 11) is 3.66. The van der Waals surface area contributed by atoms with Crippen LogP contribution in [-0.4, -0.2) is 55.0 Å². The largest absolute Gasteiger partial charge is 0.348 e. The van der Waals surface area contributed by atoms with E-state index in [1.54, 1.807) is 4.90 Å². The van der Waals surface area contributed by atoms with Gasteiger partial charge >= 0.3 is 0 Å². The second-order valence-corrected chi connectivity index (χ2v) is 7.14. The summed E-state index contributed by atoms with van der Waals surface area (Å²) in [5.41, 5.74) is 7.76. The summed E-state index contributed by atoms with van der Waals surface area (Å²) in [5, 5.41) is 0.777. The molecule has 3 atom stereocenters. The number of hydrogen-bond donors (Lipinski definition) is 2. The van der Waals surface area contributed by atoms with Crippen LogP contribution in [0.2, 0.25) is 5.02 Å². The molecule has 1 aromatic carbocycles. The Balaban J connectivity index is 1.72. The molecule has 0 saturated carbocycles. The molecule has 0 radical (unpaired) electrons. The molecule has 2 heterocycles. The summed E-state index contributed by atoms with van der Waals surface area (Å²) in [4.78, 5) is 16.6. The van der Waals surface area contributed by atoms with E-state index in [4.69, 9.17) is 11.6 Å². The number of nitrogens with zero attached hydrogens (tertiary/aromatic N) is 2. The third-order valence-electron chi connectivity index (χ3n) is 4.89. The van der Waals surface area contributed by atoms with Crippen LogP contribution in [0.1, 0.15) is 18.4 Å². The van der Waals surface area contributed by atoms with E-state index in [9.17, 15) is 4.79 Å². The third kappa shape index (κ3) is 3.69. The fourth-order valence-corrected chi connectivity index (χ4v) is 3.99. The zero-order valence-corrected chi connectivity index (χ0v) is 14.5. The van der Waals surface area contributed by atoms with Gasteiger partial charge in [0, 0.05) is 44.3 Å². The molecule has 0 aliphatic carbocycles.